The van der Waals surface area contributed by atoms with Crippen molar-refractivity contribution in [2.45, 2.75) is 25.8 Å². The number of carbonyl (C=O) groups excluding carboxylic acids is 1. The van der Waals surface area contributed by atoms with Crippen LogP contribution < -0.4 is 4.90 Å². The van der Waals surface area contributed by atoms with Gasteiger partial charge in [0.15, 0.2) is 0 Å². The van der Waals surface area contributed by atoms with E-state index in [0.29, 0.717) is 5.65 Å². The second-order valence-corrected chi connectivity index (χ2v) is 8.03. The number of hydrogen-bond donors (Lipinski definition) is 3. The third kappa shape index (κ3) is 3.27. The monoisotopic (exact) mass is 434 g/mol. The predicted molar refractivity (Wildman–Crippen MR) is 119 cm³/mol. The van der Waals surface area contributed by atoms with Crippen molar-refractivity contribution in [3.63, 3.8) is 0 Å². The molecule has 0 radical (unpaired) electrons. The zero-order chi connectivity index (χ0) is 21.7. The number of anilines is 1. The molecule has 0 saturated heterocycles. The summed E-state index contributed by atoms with van der Waals surface area (Å²) in [6.45, 7) is 1.99. The SMILES string of the molecule is CC1CCc2cc(-c3nc(Cl)nc4[nH]ccc34)ccc2N1C(=O)c1ccc(O)cc1O. The van der Waals surface area contributed by atoms with Crippen molar-refractivity contribution in [1.82, 2.24) is 15.0 Å². The molecule has 156 valence electrons. The van der Waals surface area contributed by atoms with Gasteiger partial charge in [0.1, 0.15) is 17.1 Å². The van der Waals surface area contributed by atoms with Gasteiger partial charge in [-0.25, -0.2) is 4.98 Å². The Labute approximate surface area is 183 Å². The summed E-state index contributed by atoms with van der Waals surface area (Å²) < 4.78 is 0. The number of fused-ring (bicyclic) bond motifs is 2. The largest absolute Gasteiger partial charge is 0.508 e. The highest BCUT2D eigenvalue weighted by Crippen LogP contribution is 2.37. The van der Waals surface area contributed by atoms with Crippen molar-refractivity contribution < 1.29 is 15.0 Å². The zero-order valence-corrected chi connectivity index (χ0v) is 17.4. The van der Waals surface area contributed by atoms with Crippen molar-refractivity contribution in [2.24, 2.45) is 0 Å². The van der Waals surface area contributed by atoms with Crippen LogP contribution in [0.5, 0.6) is 11.5 Å². The molecule has 7 nitrogen and oxygen atoms in total. The van der Waals surface area contributed by atoms with E-state index in [-0.39, 0.29) is 34.3 Å². The van der Waals surface area contributed by atoms with Gasteiger partial charge >= 0.3 is 0 Å². The number of H-pyrrole nitrogens is 1. The van der Waals surface area contributed by atoms with Crippen LogP contribution in [0.4, 0.5) is 5.69 Å². The average Bonchev–Trinajstić information content (AvgIpc) is 3.20. The van der Waals surface area contributed by atoms with Crippen LogP contribution in [0.2, 0.25) is 5.28 Å². The lowest BCUT2D eigenvalue weighted by Crippen LogP contribution is -2.42. The standard InChI is InChI=1S/C23H19ClN4O3/c1-12-2-3-13-10-14(20-17-8-9-25-21(17)27-23(24)26-20)4-7-18(13)28(12)22(31)16-6-5-15(29)11-19(16)30/h4-12,29-30H,2-3H2,1H3,(H,25,26,27). The molecule has 3 N–H and O–H groups in total. The second-order valence-electron chi connectivity index (χ2n) is 7.69. The fourth-order valence-corrected chi connectivity index (χ4v) is 4.34. The molecule has 1 aliphatic heterocycles. The van der Waals surface area contributed by atoms with E-state index in [1.165, 1.54) is 18.2 Å². The molecule has 1 aliphatic rings. The molecule has 8 heteroatoms. The first-order valence-corrected chi connectivity index (χ1v) is 10.3. The molecule has 31 heavy (non-hydrogen) atoms. The zero-order valence-electron chi connectivity index (χ0n) is 16.6. The first-order valence-electron chi connectivity index (χ1n) is 9.92. The number of aromatic amines is 1. The summed E-state index contributed by atoms with van der Waals surface area (Å²) in [4.78, 5) is 26.7. The smallest absolute Gasteiger partial charge is 0.262 e. The number of aromatic hydroxyl groups is 2. The molecule has 3 heterocycles. The summed E-state index contributed by atoms with van der Waals surface area (Å²) in [5, 5.41) is 20.8. The number of aromatic nitrogens is 3. The molecule has 0 aliphatic carbocycles. The Hall–Kier alpha value is -3.58. The van der Waals surface area contributed by atoms with Crippen LogP contribution in [0.25, 0.3) is 22.3 Å². The summed E-state index contributed by atoms with van der Waals surface area (Å²) in [6.07, 6.45) is 3.39. The lowest BCUT2D eigenvalue weighted by atomic mass is 9.93. The Kier molecular flexibility index (Phi) is 4.55. The number of nitrogens with one attached hydrogen (secondary N) is 1. The molecule has 4 aromatic rings. The van der Waals surface area contributed by atoms with E-state index in [9.17, 15) is 15.0 Å². The highest BCUT2D eigenvalue weighted by Gasteiger charge is 2.30. The van der Waals surface area contributed by atoms with Gasteiger partial charge in [-0.2, -0.15) is 4.98 Å². The van der Waals surface area contributed by atoms with E-state index in [1.807, 2.05) is 31.2 Å². The van der Waals surface area contributed by atoms with Crippen LogP contribution in [0, 0.1) is 0 Å². The Morgan fingerprint density at radius 1 is 1.16 bits per heavy atom. The number of rotatable bonds is 2. The molecule has 0 fully saturated rings. The van der Waals surface area contributed by atoms with Gasteiger partial charge < -0.3 is 20.1 Å². The minimum absolute atomic E-state index is 0.0380. The van der Waals surface area contributed by atoms with Crippen LogP contribution in [-0.4, -0.2) is 37.1 Å². The first-order chi connectivity index (χ1) is 14.9. The summed E-state index contributed by atoms with van der Waals surface area (Å²) in [6, 6.07) is 11.7. The molecule has 0 saturated carbocycles. The van der Waals surface area contributed by atoms with E-state index in [2.05, 4.69) is 15.0 Å². The van der Waals surface area contributed by atoms with Crippen LogP contribution in [0.3, 0.4) is 0 Å². The first kappa shape index (κ1) is 19.4. The number of halogens is 1. The average molecular weight is 435 g/mol. The summed E-state index contributed by atoms with van der Waals surface area (Å²) >= 11 is 6.12. The molecule has 1 unspecified atom stereocenters. The van der Waals surface area contributed by atoms with E-state index in [4.69, 9.17) is 11.6 Å². The number of hydrogen-bond acceptors (Lipinski definition) is 5. The van der Waals surface area contributed by atoms with E-state index in [0.717, 1.165) is 40.7 Å². The third-order valence-corrected chi connectivity index (χ3v) is 5.87. The van der Waals surface area contributed by atoms with Gasteiger partial charge in [0.05, 0.1) is 11.3 Å². The van der Waals surface area contributed by atoms with Crippen molar-refractivity contribution in [3.8, 4) is 22.8 Å². The lowest BCUT2D eigenvalue weighted by Gasteiger charge is -2.35. The highest BCUT2D eigenvalue weighted by atomic mass is 35.5. The molecule has 2 aromatic carbocycles. The Morgan fingerprint density at radius 2 is 2.00 bits per heavy atom. The normalized spacial score (nSPS) is 15.8. The van der Waals surface area contributed by atoms with E-state index >= 15 is 0 Å². The van der Waals surface area contributed by atoms with Gasteiger partial charge in [-0.3, -0.25) is 4.79 Å². The molecule has 1 amide bonds. The van der Waals surface area contributed by atoms with Crippen LogP contribution >= 0.6 is 11.6 Å². The number of aryl methyl sites for hydroxylation is 1. The molecular weight excluding hydrogens is 416 g/mol. The van der Waals surface area contributed by atoms with Gasteiger partial charge in [0.25, 0.3) is 5.91 Å². The Bertz CT molecular complexity index is 1330. The van der Waals surface area contributed by atoms with Gasteiger partial charge in [-0.15, -0.1) is 0 Å². The van der Waals surface area contributed by atoms with Crippen LogP contribution in [-0.2, 0) is 6.42 Å². The molecule has 0 bridgehead atoms. The fourth-order valence-electron chi connectivity index (χ4n) is 4.17. The molecular formula is C23H19ClN4O3. The van der Waals surface area contributed by atoms with Crippen molar-refractivity contribution >= 4 is 34.2 Å². The second kappa shape index (κ2) is 7.28. The number of nitrogens with zero attached hydrogens (tertiary/aromatic N) is 3. The molecule has 2 aromatic heterocycles. The van der Waals surface area contributed by atoms with Gasteiger partial charge in [-0.1, -0.05) is 6.07 Å². The molecule has 5 rings (SSSR count). The number of phenols is 2. The maximum atomic E-state index is 13.3. The molecule has 1 atom stereocenters. The van der Waals surface area contributed by atoms with Gasteiger partial charge in [-0.05, 0) is 67.3 Å². The molecule has 0 spiro atoms. The lowest BCUT2D eigenvalue weighted by molar-refractivity contribution is 0.0972. The van der Waals surface area contributed by atoms with Crippen LogP contribution in [0.15, 0.2) is 48.7 Å². The highest BCUT2D eigenvalue weighted by molar-refractivity contribution is 6.28. The Morgan fingerprint density at radius 3 is 2.81 bits per heavy atom. The number of carbonyl (C=O) groups is 1. The number of phenolic OH excluding ortho intramolecular Hbond substituents is 2. The topological polar surface area (TPSA) is 102 Å². The van der Waals surface area contributed by atoms with E-state index < -0.39 is 0 Å². The Balaban J connectivity index is 1.59. The van der Waals surface area contributed by atoms with Gasteiger partial charge in [0, 0.05) is 34.9 Å². The van der Waals surface area contributed by atoms with Crippen molar-refractivity contribution in [2.75, 3.05) is 4.90 Å². The van der Waals surface area contributed by atoms with E-state index in [1.54, 1.807) is 11.1 Å². The minimum Gasteiger partial charge on any atom is -0.508 e. The summed E-state index contributed by atoms with van der Waals surface area (Å²) in [5.74, 6) is -0.645. The minimum atomic E-state index is -0.309. The maximum absolute atomic E-state index is 13.3. The predicted octanol–water partition coefficient (Wildman–Crippen LogP) is 4.67. The fraction of sp³-hybridized carbons (Fsp3) is 0.174. The maximum Gasteiger partial charge on any atom is 0.262 e. The van der Waals surface area contributed by atoms with Crippen molar-refractivity contribution in [1.29, 1.82) is 0 Å². The van der Waals surface area contributed by atoms with Gasteiger partial charge in [0.2, 0.25) is 5.28 Å². The third-order valence-electron chi connectivity index (χ3n) is 5.70. The summed E-state index contributed by atoms with van der Waals surface area (Å²) in [7, 11) is 0. The quantitative estimate of drug-likeness (QED) is 0.398. The summed E-state index contributed by atoms with van der Waals surface area (Å²) in [5.41, 5.74) is 4.25. The van der Waals surface area contributed by atoms with Crippen molar-refractivity contribution in [3.05, 3.63) is 65.1 Å². The number of benzene rings is 2. The number of amides is 1. The van der Waals surface area contributed by atoms with Crippen LogP contribution in [0.1, 0.15) is 29.3 Å².